The first-order valence-electron chi connectivity index (χ1n) is 5.68. The van der Waals surface area contributed by atoms with Gasteiger partial charge in [-0.15, -0.1) is 0 Å². The number of carbonyl (C=O) groups is 1. The van der Waals surface area contributed by atoms with Gasteiger partial charge in [0.15, 0.2) is 6.10 Å². The molecule has 1 atom stereocenters. The van der Waals surface area contributed by atoms with Gasteiger partial charge in [-0.25, -0.2) is 4.79 Å². The number of aryl methyl sites for hydroxylation is 1. The highest BCUT2D eigenvalue weighted by atomic mass is 16.5. The molecule has 1 aromatic carbocycles. The lowest BCUT2D eigenvalue weighted by molar-refractivity contribution is -0.153. The average Bonchev–Trinajstić information content (AvgIpc) is 2.31. The van der Waals surface area contributed by atoms with E-state index in [0.717, 1.165) is 5.56 Å². The van der Waals surface area contributed by atoms with Gasteiger partial charge >= 0.3 is 5.97 Å². The Morgan fingerprint density at radius 3 is 2.65 bits per heavy atom. The van der Waals surface area contributed by atoms with Crippen molar-refractivity contribution in [2.75, 3.05) is 13.2 Å². The summed E-state index contributed by atoms with van der Waals surface area (Å²) in [6.45, 7) is 6.15. The number of esters is 1. The molecule has 0 bridgehead atoms. The lowest BCUT2D eigenvalue weighted by Gasteiger charge is -2.15. The summed E-state index contributed by atoms with van der Waals surface area (Å²) in [7, 11) is 0. The molecule has 0 saturated heterocycles. The van der Waals surface area contributed by atoms with Crippen molar-refractivity contribution < 1.29 is 19.4 Å². The number of rotatable bonds is 5. The zero-order chi connectivity index (χ0) is 12.8. The molecule has 0 aliphatic heterocycles. The Bertz CT molecular complexity index is 387. The second-order valence-corrected chi connectivity index (χ2v) is 3.63. The number of hydrogen-bond acceptors (Lipinski definition) is 4. The number of benzene rings is 1. The smallest absolute Gasteiger partial charge is 0.339 e. The molecule has 0 aromatic heterocycles. The van der Waals surface area contributed by atoms with Gasteiger partial charge in [-0.2, -0.15) is 0 Å². The second kappa shape index (κ2) is 6.25. The highest BCUT2D eigenvalue weighted by molar-refractivity contribution is 5.77. The molecular formula is C13H18O4. The van der Waals surface area contributed by atoms with E-state index in [2.05, 4.69) is 0 Å². The highest BCUT2D eigenvalue weighted by Gasteiger charge is 2.22. The maximum Gasteiger partial charge on any atom is 0.339 e. The average molecular weight is 238 g/mol. The van der Waals surface area contributed by atoms with Crippen LogP contribution in [0.2, 0.25) is 0 Å². The van der Waals surface area contributed by atoms with Crippen molar-refractivity contribution in [2.45, 2.75) is 26.9 Å². The van der Waals surface area contributed by atoms with Crippen molar-refractivity contribution in [1.29, 1.82) is 0 Å². The SMILES string of the molecule is CCOC(=O)C(O)c1cc(C)ccc1OCC. The van der Waals surface area contributed by atoms with Gasteiger partial charge < -0.3 is 14.6 Å². The van der Waals surface area contributed by atoms with Gasteiger partial charge in [0.2, 0.25) is 0 Å². The summed E-state index contributed by atoms with van der Waals surface area (Å²) in [6, 6.07) is 5.34. The number of ether oxygens (including phenoxy) is 2. The van der Waals surface area contributed by atoms with Gasteiger partial charge in [0, 0.05) is 5.56 Å². The van der Waals surface area contributed by atoms with E-state index in [9.17, 15) is 9.90 Å². The van der Waals surface area contributed by atoms with E-state index in [1.165, 1.54) is 0 Å². The van der Waals surface area contributed by atoms with E-state index < -0.39 is 12.1 Å². The Labute approximate surface area is 101 Å². The van der Waals surface area contributed by atoms with Crippen LogP contribution in [-0.2, 0) is 9.53 Å². The van der Waals surface area contributed by atoms with E-state index in [1.807, 2.05) is 19.9 Å². The number of carbonyl (C=O) groups excluding carboxylic acids is 1. The fourth-order valence-corrected chi connectivity index (χ4v) is 1.52. The number of aliphatic hydroxyl groups excluding tert-OH is 1. The molecule has 4 heteroatoms. The lowest BCUT2D eigenvalue weighted by Crippen LogP contribution is -2.16. The molecule has 1 N–H and O–H groups in total. The maximum absolute atomic E-state index is 11.5. The molecule has 0 fully saturated rings. The van der Waals surface area contributed by atoms with Gasteiger partial charge in [0.1, 0.15) is 5.75 Å². The molecule has 0 saturated carbocycles. The van der Waals surface area contributed by atoms with E-state index in [4.69, 9.17) is 9.47 Å². The van der Waals surface area contributed by atoms with Crippen LogP contribution in [0.4, 0.5) is 0 Å². The van der Waals surface area contributed by atoms with E-state index in [-0.39, 0.29) is 6.61 Å². The van der Waals surface area contributed by atoms with Crippen LogP contribution < -0.4 is 4.74 Å². The van der Waals surface area contributed by atoms with Crippen LogP contribution in [0.15, 0.2) is 18.2 Å². The Kier molecular flexibility index (Phi) is 4.97. The molecule has 1 rings (SSSR count). The summed E-state index contributed by atoms with van der Waals surface area (Å²) in [5.41, 5.74) is 1.40. The molecule has 0 heterocycles. The molecule has 0 radical (unpaired) electrons. The maximum atomic E-state index is 11.5. The Balaban J connectivity index is 3.01. The minimum atomic E-state index is -1.30. The predicted octanol–water partition coefficient (Wildman–Crippen LogP) is 1.99. The lowest BCUT2D eigenvalue weighted by atomic mass is 10.1. The third-order valence-electron chi connectivity index (χ3n) is 2.27. The minimum absolute atomic E-state index is 0.242. The molecule has 0 amide bonds. The zero-order valence-electron chi connectivity index (χ0n) is 10.4. The molecule has 0 spiro atoms. The molecule has 1 aromatic rings. The van der Waals surface area contributed by atoms with Crippen molar-refractivity contribution in [3.63, 3.8) is 0 Å². The molecule has 4 nitrogen and oxygen atoms in total. The van der Waals surface area contributed by atoms with Crippen molar-refractivity contribution in [3.05, 3.63) is 29.3 Å². The Hall–Kier alpha value is -1.55. The van der Waals surface area contributed by atoms with Gasteiger partial charge in [-0.3, -0.25) is 0 Å². The van der Waals surface area contributed by atoms with Crippen LogP contribution in [0, 0.1) is 6.92 Å². The van der Waals surface area contributed by atoms with Crippen LogP contribution in [0.3, 0.4) is 0 Å². The fourth-order valence-electron chi connectivity index (χ4n) is 1.52. The second-order valence-electron chi connectivity index (χ2n) is 3.63. The first-order chi connectivity index (χ1) is 8.10. The third-order valence-corrected chi connectivity index (χ3v) is 2.27. The van der Waals surface area contributed by atoms with Gasteiger partial charge in [-0.1, -0.05) is 11.6 Å². The monoisotopic (exact) mass is 238 g/mol. The summed E-state index contributed by atoms with van der Waals surface area (Å²) in [5.74, 6) is -0.141. The molecule has 0 aliphatic carbocycles. The van der Waals surface area contributed by atoms with Crippen LogP contribution in [0.1, 0.15) is 31.1 Å². The Morgan fingerprint density at radius 1 is 1.35 bits per heavy atom. The minimum Gasteiger partial charge on any atom is -0.493 e. The topological polar surface area (TPSA) is 55.8 Å². The number of aliphatic hydroxyl groups is 1. The van der Waals surface area contributed by atoms with Gasteiger partial charge in [0.05, 0.1) is 13.2 Å². The van der Waals surface area contributed by atoms with E-state index in [1.54, 1.807) is 19.1 Å². The molecule has 0 aliphatic rings. The highest BCUT2D eigenvalue weighted by Crippen LogP contribution is 2.27. The largest absolute Gasteiger partial charge is 0.493 e. The normalized spacial score (nSPS) is 12.0. The van der Waals surface area contributed by atoms with Crippen LogP contribution >= 0.6 is 0 Å². The zero-order valence-corrected chi connectivity index (χ0v) is 10.4. The summed E-state index contributed by atoms with van der Waals surface area (Å²) in [6.07, 6.45) is -1.30. The van der Waals surface area contributed by atoms with Crippen molar-refractivity contribution >= 4 is 5.97 Å². The summed E-state index contributed by atoms with van der Waals surface area (Å²) >= 11 is 0. The first-order valence-corrected chi connectivity index (χ1v) is 5.68. The van der Waals surface area contributed by atoms with E-state index >= 15 is 0 Å². The van der Waals surface area contributed by atoms with Gasteiger partial charge in [-0.05, 0) is 32.9 Å². The summed E-state index contributed by atoms with van der Waals surface area (Å²) in [5, 5.41) is 9.90. The van der Waals surface area contributed by atoms with Crippen molar-refractivity contribution in [3.8, 4) is 5.75 Å². The van der Waals surface area contributed by atoms with Crippen LogP contribution in [0.25, 0.3) is 0 Å². The molecule has 94 valence electrons. The fraction of sp³-hybridized carbons (Fsp3) is 0.462. The predicted molar refractivity (Wildman–Crippen MR) is 63.9 cm³/mol. The third kappa shape index (κ3) is 3.46. The van der Waals surface area contributed by atoms with Crippen LogP contribution in [-0.4, -0.2) is 24.3 Å². The quantitative estimate of drug-likeness (QED) is 0.797. The van der Waals surface area contributed by atoms with Crippen molar-refractivity contribution in [1.82, 2.24) is 0 Å². The standard InChI is InChI=1S/C13H18O4/c1-4-16-11-7-6-9(3)8-10(11)12(14)13(15)17-5-2/h6-8,12,14H,4-5H2,1-3H3. The Morgan fingerprint density at radius 2 is 2.06 bits per heavy atom. The molecular weight excluding hydrogens is 220 g/mol. The number of hydrogen-bond donors (Lipinski definition) is 1. The van der Waals surface area contributed by atoms with Crippen LogP contribution in [0.5, 0.6) is 5.75 Å². The van der Waals surface area contributed by atoms with Gasteiger partial charge in [0.25, 0.3) is 0 Å². The van der Waals surface area contributed by atoms with E-state index in [0.29, 0.717) is 17.9 Å². The summed E-state index contributed by atoms with van der Waals surface area (Å²) in [4.78, 5) is 11.5. The molecule has 1 unspecified atom stereocenters. The molecule has 17 heavy (non-hydrogen) atoms. The van der Waals surface area contributed by atoms with Crippen molar-refractivity contribution in [2.24, 2.45) is 0 Å². The first kappa shape index (κ1) is 13.5. The summed E-state index contributed by atoms with van der Waals surface area (Å²) < 4.78 is 10.2.